The van der Waals surface area contributed by atoms with Crippen molar-refractivity contribution >= 4 is 24.0 Å². The molecule has 4 nitrogen and oxygen atoms in total. The van der Waals surface area contributed by atoms with E-state index in [9.17, 15) is 4.79 Å². The van der Waals surface area contributed by atoms with Crippen LogP contribution in [0.2, 0.25) is 0 Å². The van der Waals surface area contributed by atoms with Crippen LogP contribution < -0.4 is 10.6 Å². The number of ether oxygens (including phenoxy) is 1. The Balaban J connectivity index is 0.00000324. The van der Waals surface area contributed by atoms with Gasteiger partial charge < -0.3 is 15.4 Å². The van der Waals surface area contributed by atoms with Gasteiger partial charge in [-0.2, -0.15) is 0 Å². The summed E-state index contributed by atoms with van der Waals surface area (Å²) in [5.41, 5.74) is 1.96. The number of nitrogens with one attached hydrogen (secondary N) is 2. The molecule has 2 N–H and O–H groups in total. The molecule has 1 rings (SSSR count). The first-order chi connectivity index (χ1) is 8.69. The summed E-state index contributed by atoms with van der Waals surface area (Å²) in [6.45, 7) is 6.00. The third kappa shape index (κ3) is 6.05. The number of hydrogen-bond acceptors (Lipinski definition) is 3. The predicted molar refractivity (Wildman–Crippen MR) is 80.7 cm³/mol. The van der Waals surface area contributed by atoms with E-state index in [4.69, 9.17) is 4.74 Å². The molecule has 0 aromatic heterocycles. The Morgan fingerprint density at radius 1 is 1.37 bits per heavy atom. The molecule has 1 amide bonds. The zero-order valence-electron chi connectivity index (χ0n) is 11.7. The van der Waals surface area contributed by atoms with Crippen LogP contribution in [0.5, 0.6) is 0 Å². The number of amides is 1. The topological polar surface area (TPSA) is 50.4 Å². The van der Waals surface area contributed by atoms with Crippen LogP contribution in [0.1, 0.15) is 19.4 Å². The van der Waals surface area contributed by atoms with E-state index in [1.54, 1.807) is 7.11 Å². The van der Waals surface area contributed by atoms with Crippen molar-refractivity contribution in [3.63, 3.8) is 0 Å². The van der Waals surface area contributed by atoms with Crippen LogP contribution in [0.4, 0.5) is 5.69 Å². The van der Waals surface area contributed by atoms with Crippen LogP contribution >= 0.6 is 12.4 Å². The number of hydrogen-bond donors (Lipinski definition) is 2. The largest absolute Gasteiger partial charge is 0.384 e. The van der Waals surface area contributed by atoms with Crippen molar-refractivity contribution in [2.75, 3.05) is 25.6 Å². The van der Waals surface area contributed by atoms with E-state index in [-0.39, 0.29) is 24.2 Å². The molecular weight excluding hydrogens is 264 g/mol. The molecule has 1 aromatic carbocycles. The number of para-hydroxylation sites is 1. The van der Waals surface area contributed by atoms with E-state index in [2.05, 4.69) is 17.6 Å². The normalized spacial score (nSPS) is 11.5. The molecule has 0 saturated carbocycles. The molecule has 1 aromatic rings. The first-order valence-electron chi connectivity index (χ1n) is 6.27. The number of benzene rings is 1. The van der Waals surface area contributed by atoms with Crippen molar-refractivity contribution < 1.29 is 9.53 Å². The van der Waals surface area contributed by atoms with Gasteiger partial charge in [0.25, 0.3) is 0 Å². The van der Waals surface area contributed by atoms with Gasteiger partial charge in [-0.1, -0.05) is 32.0 Å². The van der Waals surface area contributed by atoms with Crippen molar-refractivity contribution in [2.45, 2.75) is 20.4 Å². The zero-order valence-corrected chi connectivity index (χ0v) is 12.5. The number of rotatable bonds is 7. The molecule has 5 heteroatoms. The van der Waals surface area contributed by atoms with E-state index in [1.165, 1.54) is 0 Å². The summed E-state index contributed by atoms with van der Waals surface area (Å²) in [6.07, 6.45) is 0. The second kappa shape index (κ2) is 9.78. The minimum atomic E-state index is -0.151. The minimum absolute atomic E-state index is 0. The van der Waals surface area contributed by atoms with Crippen molar-refractivity contribution in [3.05, 3.63) is 29.8 Å². The Morgan fingerprint density at radius 3 is 2.68 bits per heavy atom. The van der Waals surface area contributed by atoms with Crippen molar-refractivity contribution in [2.24, 2.45) is 5.92 Å². The molecule has 108 valence electrons. The van der Waals surface area contributed by atoms with Gasteiger partial charge in [0.2, 0.25) is 5.91 Å². The van der Waals surface area contributed by atoms with Gasteiger partial charge >= 0.3 is 0 Å². The second-order valence-electron chi connectivity index (χ2n) is 4.28. The lowest BCUT2D eigenvalue weighted by Crippen LogP contribution is -2.25. The van der Waals surface area contributed by atoms with E-state index in [1.807, 2.05) is 31.2 Å². The maximum absolute atomic E-state index is 11.9. The SMILES string of the molecule is CCNCc1ccccc1NC(=O)C(C)COC.Cl. The Kier molecular flexibility index (Phi) is 9.21. The fourth-order valence-electron chi connectivity index (χ4n) is 1.64. The molecule has 0 fully saturated rings. The monoisotopic (exact) mass is 286 g/mol. The van der Waals surface area contributed by atoms with Gasteiger partial charge in [0, 0.05) is 19.3 Å². The highest BCUT2D eigenvalue weighted by Crippen LogP contribution is 2.15. The number of carbonyl (C=O) groups is 1. The van der Waals surface area contributed by atoms with Gasteiger partial charge in [-0.3, -0.25) is 4.79 Å². The highest BCUT2D eigenvalue weighted by Gasteiger charge is 2.13. The van der Waals surface area contributed by atoms with Crippen LogP contribution in [0.3, 0.4) is 0 Å². The Bertz CT molecular complexity index is 385. The van der Waals surface area contributed by atoms with Crippen molar-refractivity contribution in [1.82, 2.24) is 5.32 Å². The highest BCUT2D eigenvalue weighted by molar-refractivity contribution is 5.93. The minimum Gasteiger partial charge on any atom is -0.384 e. The fraction of sp³-hybridized carbons (Fsp3) is 0.500. The van der Waals surface area contributed by atoms with Gasteiger partial charge in [-0.25, -0.2) is 0 Å². The Labute approximate surface area is 121 Å². The summed E-state index contributed by atoms with van der Waals surface area (Å²) in [4.78, 5) is 11.9. The molecule has 0 bridgehead atoms. The summed E-state index contributed by atoms with van der Waals surface area (Å²) in [5, 5.41) is 6.20. The molecule has 0 aliphatic carbocycles. The summed E-state index contributed by atoms with van der Waals surface area (Å²) in [5.74, 6) is -0.164. The van der Waals surface area contributed by atoms with Crippen molar-refractivity contribution in [1.29, 1.82) is 0 Å². The summed E-state index contributed by atoms with van der Waals surface area (Å²) in [6, 6.07) is 7.83. The van der Waals surface area contributed by atoms with E-state index < -0.39 is 0 Å². The molecule has 0 aliphatic rings. The maximum atomic E-state index is 11.9. The highest BCUT2D eigenvalue weighted by atomic mass is 35.5. The van der Waals surface area contributed by atoms with Crippen LogP contribution in [-0.2, 0) is 16.1 Å². The number of anilines is 1. The third-order valence-electron chi connectivity index (χ3n) is 2.70. The van der Waals surface area contributed by atoms with Crippen LogP contribution in [0.25, 0.3) is 0 Å². The lowest BCUT2D eigenvalue weighted by atomic mass is 10.1. The molecule has 0 heterocycles. The van der Waals surface area contributed by atoms with Gasteiger partial charge in [-0.15, -0.1) is 12.4 Å². The van der Waals surface area contributed by atoms with Crippen LogP contribution in [0, 0.1) is 5.92 Å². The predicted octanol–water partition coefficient (Wildman–Crippen LogP) is 2.44. The second-order valence-corrected chi connectivity index (χ2v) is 4.28. The number of methoxy groups -OCH3 is 1. The average molecular weight is 287 g/mol. The van der Waals surface area contributed by atoms with E-state index >= 15 is 0 Å². The first kappa shape index (κ1) is 17.9. The lowest BCUT2D eigenvalue weighted by molar-refractivity contribution is -0.120. The molecule has 19 heavy (non-hydrogen) atoms. The third-order valence-corrected chi connectivity index (χ3v) is 2.70. The molecular formula is C14H23ClN2O2. The number of carbonyl (C=O) groups excluding carboxylic acids is 1. The smallest absolute Gasteiger partial charge is 0.229 e. The van der Waals surface area contributed by atoms with Gasteiger partial charge in [0.1, 0.15) is 0 Å². The fourth-order valence-corrected chi connectivity index (χ4v) is 1.64. The van der Waals surface area contributed by atoms with Gasteiger partial charge in [0.15, 0.2) is 0 Å². The summed E-state index contributed by atoms with van der Waals surface area (Å²) in [7, 11) is 1.60. The quantitative estimate of drug-likeness (QED) is 0.809. The molecule has 0 spiro atoms. The number of halogens is 1. The average Bonchev–Trinajstić information content (AvgIpc) is 2.38. The van der Waals surface area contributed by atoms with Crippen LogP contribution in [-0.4, -0.2) is 26.2 Å². The standard InChI is InChI=1S/C14H22N2O2.ClH/c1-4-15-9-12-7-5-6-8-13(12)16-14(17)11(2)10-18-3;/h5-8,11,15H,4,9-10H2,1-3H3,(H,16,17);1H. The van der Waals surface area contributed by atoms with E-state index in [0.717, 1.165) is 24.3 Å². The molecule has 0 aliphatic heterocycles. The molecule has 1 atom stereocenters. The first-order valence-corrected chi connectivity index (χ1v) is 6.27. The van der Waals surface area contributed by atoms with Crippen molar-refractivity contribution in [3.8, 4) is 0 Å². The van der Waals surface area contributed by atoms with E-state index in [0.29, 0.717) is 6.61 Å². The zero-order chi connectivity index (χ0) is 13.4. The van der Waals surface area contributed by atoms with Crippen LogP contribution in [0.15, 0.2) is 24.3 Å². The molecule has 0 saturated heterocycles. The maximum Gasteiger partial charge on any atom is 0.229 e. The lowest BCUT2D eigenvalue weighted by Gasteiger charge is -2.14. The summed E-state index contributed by atoms with van der Waals surface area (Å²) >= 11 is 0. The Morgan fingerprint density at radius 2 is 2.05 bits per heavy atom. The van der Waals surface area contributed by atoms with Gasteiger partial charge in [-0.05, 0) is 18.2 Å². The molecule has 0 radical (unpaired) electrons. The Hall–Kier alpha value is -1.10. The summed E-state index contributed by atoms with van der Waals surface area (Å²) < 4.78 is 4.98. The van der Waals surface area contributed by atoms with Gasteiger partial charge in [0.05, 0.1) is 12.5 Å². The molecule has 1 unspecified atom stereocenters.